The Hall–Kier alpha value is -2.85. The molecule has 4 aliphatic heterocycles. The van der Waals surface area contributed by atoms with E-state index >= 15 is 0 Å². The molecule has 4 fully saturated rings. The number of sulfone groups is 1. The van der Waals surface area contributed by atoms with Crippen molar-refractivity contribution in [1.82, 2.24) is 15.1 Å². The van der Waals surface area contributed by atoms with E-state index < -0.39 is 91.5 Å². The van der Waals surface area contributed by atoms with E-state index in [1.54, 1.807) is 44.2 Å². The molecule has 1 aromatic carbocycles. The number of nitrogens with two attached hydrogens (primary N) is 1. The lowest BCUT2D eigenvalue weighted by atomic mass is 9.95. The zero-order valence-corrected chi connectivity index (χ0v) is 23.9. The molecule has 0 aliphatic carbocycles. The van der Waals surface area contributed by atoms with E-state index in [9.17, 15) is 33.1 Å². The van der Waals surface area contributed by atoms with Crippen LogP contribution >= 0.6 is 22.4 Å². The van der Waals surface area contributed by atoms with Crippen LogP contribution in [-0.4, -0.2) is 93.7 Å². The first kappa shape index (κ1) is 28.7. The normalized spacial score (nSPS) is 32.1. The Morgan fingerprint density at radius 2 is 1.68 bits per heavy atom. The zero-order chi connectivity index (χ0) is 29.4. The highest BCUT2D eigenvalue weighted by atomic mass is 32.3. The third-order valence-electron chi connectivity index (χ3n) is 8.00. The van der Waals surface area contributed by atoms with Crippen molar-refractivity contribution >= 4 is 52.0 Å². The van der Waals surface area contributed by atoms with Crippen molar-refractivity contribution < 1.29 is 42.6 Å². The number of nitrogens with zero attached hydrogens (tertiary/aromatic N) is 2. The molecule has 0 unspecified atom stereocenters. The molecule has 13 nitrogen and oxygen atoms in total. The smallest absolute Gasteiger partial charge is 0.333 e. The van der Waals surface area contributed by atoms with E-state index in [1.165, 1.54) is 30.5 Å². The van der Waals surface area contributed by atoms with E-state index in [0.29, 0.717) is 5.56 Å². The molecule has 1 aromatic rings. The first-order chi connectivity index (χ1) is 18.6. The first-order valence-corrected chi connectivity index (χ1v) is 15.0. The largest absolute Gasteiger partial charge is 0.798 e. The molecule has 6 atom stereocenters. The van der Waals surface area contributed by atoms with Crippen LogP contribution in [0.5, 0.6) is 0 Å². The molecular weight excluding hydrogens is 564 g/mol. The summed E-state index contributed by atoms with van der Waals surface area (Å²) in [6, 6.07) is 4.45. The van der Waals surface area contributed by atoms with Gasteiger partial charge in [0, 0.05) is 9.49 Å². The van der Waals surface area contributed by atoms with Gasteiger partial charge < -0.3 is 50.0 Å². The number of β-lactam (4-membered cyclic amide) rings is 2. The molecular formula is C25H30N4O9S2-2. The molecule has 3 amide bonds. The number of thioether (sulfide) groups is 1. The molecule has 0 radical (unpaired) electrons. The van der Waals surface area contributed by atoms with Gasteiger partial charge in [-0.1, -0.05) is 30.3 Å². The summed E-state index contributed by atoms with van der Waals surface area (Å²) in [6.45, 7) is 5.37. The first-order valence-electron chi connectivity index (χ1n) is 12.6. The maximum Gasteiger partial charge on any atom is 0.333 e. The topological polar surface area (TPSA) is 194 Å². The van der Waals surface area contributed by atoms with Crippen molar-refractivity contribution in [3.63, 3.8) is 0 Å². The van der Waals surface area contributed by atoms with Crippen molar-refractivity contribution in [2.45, 2.75) is 78.5 Å². The van der Waals surface area contributed by atoms with Gasteiger partial charge in [-0.15, -0.1) is 11.8 Å². The third-order valence-corrected chi connectivity index (χ3v) is 12.4. The standard InChI is InChI=1S/C25H32N4O9S2/c1-24(2)17(29-20(32)16(21(29)39-24)27-19(31)15(26)12-8-6-5-7-9-12)22(33)37-11-38-23(34)18-25(3,4)40(35,36)14-10-13(30)28(14)18/h5-9,14-18,21,35-36H,10-11,26H2,1-4H3,(H,27,31)/p-2/t14-,15+,16+,17+,18-,21+/m0/s1. The Morgan fingerprint density at radius 1 is 1.07 bits per heavy atom. The van der Waals surface area contributed by atoms with Gasteiger partial charge in [-0.25, -0.2) is 9.59 Å². The molecule has 0 aromatic heterocycles. The molecule has 0 bridgehead atoms. The van der Waals surface area contributed by atoms with Crippen LogP contribution in [0.15, 0.2) is 30.3 Å². The number of rotatable bonds is 7. The van der Waals surface area contributed by atoms with Crippen LogP contribution in [0.2, 0.25) is 0 Å². The summed E-state index contributed by atoms with van der Waals surface area (Å²) in [5, 5.41) is 1.07. The van der Waals surface area contributed by atoms with Crippen LogP contribution in [0.4, 0.5) is 0 Å². The predicted octanol–water partition coefficient (Wildman–Crippen LogP) is 0.0620. The van der Waals surface area contributed by atoms with Gasteiger partial charge in [0.25, 0.3) is 0 Å². The number of benzene rings is 1. The Labute approximate surface area is 236 Å². The lowest BCUT2D eigenvalue weighted by molar-refractivity contribution is -0.181. The fourth-order valence-electron chi connectivity index (χ4n) is 5.69. The molecule has 3 N–H and O–H groups in total. The quantitative estimate of drug-likeness (QED) is 0.246. The molecule has 4 saturated heterocycles. The Balaban J connectivity index is 1.18. The highest BCUT2D eigenvalue weighted by Gasteiger charge is 2.65. The highest BCUT2D eigenvalue weighted by molar-refractivity contribution is 8.26. The van der Waals surface area contributed by atoms with Gasteiger partial charge in [0.05, 0.1) is 11.8 Å². The fourth-order valence-corrected chi connectivity index (χ4v) is 9.44. The number of fused-ring (bicyclic) bond motifs is 2. The number of carbonyl (C=O) groups excluding carboxylic acids is 5. The summed E-state index contributed by atoms with van der Waals surface area (Å²) in [7, 11) is -3.80. The number of hydrogen-bond acceptors (Lipinski definition) is 11. The average Bonchev–Trinajstić information content (AvgIpc) is 3.22. The van der Waals surface area contributed by atoms with E-state index in [-0.39, 0.29) is 6.42 Å². The van der Waals surface area contributed by atoms with Gasteiger partial charge in [-0.3, -0.25) is 14.4 Å². The lowest BCUT2D eigenvalue weighted by Crippen LogP contribution is -2.71. The molecule has 4 heterocycles. The number of nitrogens with one attached hydrogen (secondary N) is 1. The van der Waals surface area contributed by atoms with Gasteiger partial charge in [0.15, 0.2) is 0 Å². The fraction of sp³-hybridized carbons (Fsp3) is 0.560. The van der Waals surface area contributed by atoms with Crippen LogP contribution < -0.4 is 11.1 Å². The summed E-state index contributed by atoms with van der Waals surface area (Å²) in [5.41, 5.74) is 6.64. The molecule has 15 heteroatoms. The molecule has 5 rings (SSSR count). The number of amides is 3. The Kier molecular flexibility index (Phi) is 6.89. The number of ether oxygens (including phenoxy) is 2. The minimum atomic E-state index is -3.80. The third kappa shape index (κ3) is 4.17. The van der Waals surface area contributed by atoms with Gasteiger partial charge in [0.2, 0.25) is 24.5 Å². The van der Waals surface area contributed by atoms with E-state index in [4.69, 9.17) is 15.2 Å². The summed E-state index contributed by atoms with van der Waals surface area (Å²) in [4.78, 5) is 65.9. The number of esters is 2. The second-order valence-electron chi connectivity index (χ2n) is 11.2. The number of carbonyl (C=O) groups is 5. The van der Waals surface area contributed by atoms with Gasteiger partial charge in [0.1, 0.15) is 29.5 Å². The zero-order valence-electron chi connectivity index (χ0n) is 22.2. The van der Waals surface area contributed by atoms with Gasteiger partial charge >= 0.3 is 11.9 Å². The summed E-state index contributed by atoms with van der Waals surface area (Å²) >= 11 is 1.31. The van der Waals surface area contributed by atoms with Crippen LogP contribution in [0.1, 0.15) is 45.7 Å². The van der Waals surface area contributed by atoms with E-state index in [0.717, 1.165) is 4.90 Å². The molecule has 0 spiro atoms. The maximum atomic E-state index is 13.0. The number of hydrogen-bond donors (Lipinski definition) is 2. The van der Waals surface area contributed by atoms with Gasteiger partial charge in [-0.2, -0.15) is 0 Å². The van der Waals surface area contributed by atoms with Crippen molar-refractivity contribution in [2.75, 3.05) is 6.79 Å². The summed E-state index contributed by atoms with van der Waals surface area (Å²) in [5.74, 6) is -3.32. The van der Waals surface area contributed by atoms with Crippen LogP contribution in [0.25, 0.3) is 0 Å². The maximum absolute atomic E-state index is 13.0. The second kappa shape index (κ2) is 9.62. The lowest BCUT2D eigenvalue weighted by Gasteiger charge is -2.70. The summed E-state index contributed by atoms with van der Waals surface area (Å²) < 4.78 is 33.3. The minimum absolute atomic E-state index is 0.191. The monoisotopic (exact) mass is 594 g/mol. The summed E-state index contributed by atoms with van der Waals surface area (Å²) in [6.07, 6.45) is -0.191. The minimum Gasteiger partial charge on any atom is -0.798 e. The van der Waals surface area contributed by atoms with Crippen molar-refractivity contribution in [3.05, 3.63) is 35.9 Å². The van der Waals surface area contributed by atoms with Crippen LogP contribution in [0.3, 0.4) is 0 Å². The van der Waals surface area contributed by atoms with E-state index in [1.807, 2.05) is 0 Å². The highest BCUT2D eigenvalue weighted by Crippen LogP contribution is 2.68. The molecule has 40 heavy (non-hydrogen) atoms. The van der Waals surface area contributed by atoms with Crippen molar-refractivity contribution in [1.29, 1.82) is 0 Å². The average molecular weight is 595 g/mol. The van der Waals surface area contributed by atoms with Crippen molar-refractivity contribution in [2.24, 2.45) is 5.73 Å². The molecule has 4 aliphatic rings. The Morgan fingerprint density at radius 3 is 2.27 bits per heavy atom. The van der Waals surface area contributed by atoms with Crippen LogP contribution in [0, 0.1) is 0 Å². The van der Waals surface area contributed by atoms with E-state index in [2.05, 4.69) is 5.32 Å². The van der Waals surface area contributed by atoms with Gasteiger partial charge in [-0.05, 0) is 33.3 Å². The Bertz CT molecular complexity index is 1270. The molecule has 0 saturated carbocycles. The van der Waals surface area contributed by atoms with Crippen molar-refractivity contribution in [3.8, 4) is 0 Å². The SMILES string of the molecule is CC1(C)S[C@@H]2[C@H](NC(=O)[C@H](N)c3ccccc3)C(=O)N2[C@@H]1C(=O)OCOC(=O)[C@@H]1N2C(=O)C[C@@H]2S([O-])([O-])C1(C)C. The predicted molar refractivity (Wildman–Crippen MR) is 141 cm³/mol. The molecule has 218 valence electrons. The second-order valence-corrected chi connectivity index (χ2v) is 15.6. The van der Waals surface area contributed by atoms with Crippen LogP contribution in [-0.2, 0) is 33.4 Å².